The maximum absolute atomic E-state index is 8.94. The Morgan fingerprint density at radius 2 is 1.72 bits per heavy atom. The first kappa shape index (κ1) is 21.1. The SMILES string of the molecule is CCc1nccn1Cc1cc(C)c(Nc2ccnc(Nc3ccc(C#N)cc3)n2)c(C)c1. The Morgan fingerprint density at radius 3 is 2.41 bits per heavy atom. The van der Waals surface area contributed by atoms with E-state index >= 15 is 0 Å². The Bertz CT molecular complexity index is 1240. The highest BCUT2D eigenvalue weighted by Gasteiger charge is 2.09. The summed E-state index contributed by atoms with van der Waals surface area (Å²) in [5.74, 6) is 2.28. The Balaban J connectivity index is 1.51. The van der Waals surface area contributed by atoms with E-state index < -0.39 is 0 Å². The minimum atomic E-state index is 0.485. The molecule has 0 aliphatic carbocycles. The highest BCUT2D eigenvalue weighted by atomic mass is 15.1. The molecule has 7 heteroatoms. The lowest BCUT2D eigenvalue weighted by atomic mass is 10.0. The first-order chi connectivity index (χ1) is 15.6. The number of hydrogen-bond acceptors (Lipinski definition) is 6. The van der Waals surface area contributed by atoms with Gasteiger partial charge >= 0.3 is 0 Å². The predicted molar refractivity (Wildman–Crippen MR) is 126 cm³/mol. The summed E-state index contributed by atoms with van der Waals surface area (Å²) in [5, 5.41) is 15.6. The van der Waals surface area contributed by atoms with Crippen LogP contribution in [-0.2, 0) is 13.0 Å². The molecule has 2 heterocycles. The number of anilines is 4. The van der Waals surface area contributed by atoms with Gasteiger partial charge in [-0.2, -0.15) is 10.2 Å². The second-order valence-electron chi connectivity index (χ2n) is 7.63. The molecule has 0 unspecified atom stereocenters. The number of imidazole rings is 1. The molecule has 0 aliphatic heterocycles. The number of nitrogens with zero attached hydrogens (tertiary/aromatic N) is 5. The van der Waals surface area contributed by atoms with Crippen LogP contribution in [0.5, 0.6) is 0 Å². The zero-order valence-corrected chi connectivity index (χ0v) is 18.4. The molecule has 2 aromatic heterocycles. The van der Waals surface area contributed by atoms with Crippen molar-refractivity contribution in [2.75, 3.05) is 10.6 Å². The summed E-state index contributed by atoms with van der Waals surface area (Å²) in [5.41, 5.74) is 6.02. The van der Waals surface area contributed by atoms with Gasteiger partial charge < -0.3 is 15.2 Å². The third kappa shape index (κ3) is 4.76. The van der Waals surface area contributed by atoms with Gasteiger partial charge in [-0.15, -0.1) is 0 Å². The fraction of sp³-hybridized carbons (Fsp3) is 0.200. The van der Waals surface area contributed by atoms with E-state index in [1.165, 1.54) is 5.56 Å². The van der Waals surface area contributed by atoms with Crippen LogP contribution in [0.3, 0.4) is 0 Å². The van der Waals surface area contributed by atoms with Gasteiger partial charge in [0, 0.05) is 42.9 Å². The number of nitrogens with one attached hydrogen (secondary N) is 2. The lowest BCUT2D eigenvalue weighted by molar-refractivity contribution is 0.731. The van der Waals surface area contributed by atoms with Gasteiger partial charge in [-0.1, -0.05) is 19.1 Å². The number of benzene rings is 2. The maximum atomic E-state index is 8.94. The number of aryl methyl sites for hydroxylation is 3. The normalized spacial score (nSPS) is 10.6. The Hall–Kier alpha value is -4.18. The van der Waals surface area contributed by atoms with E-state index in [4.69, 9.17) is 5.26 Å². The van der Waals surface area contributed by atoms with Gasteiger partial charge in [0.2, 0.25) is 5.95 Å². The van der Waals surface area contributed by atoms with E-state index in [0.29, 0.717) is 17.3 Å². The standard InChI is InChI=1S/C25H25N7/c1-4-23-27-11-12-32(23)16-20-13-17(2)24(18(3)14-20)30-22-9-10-28-25(31-22)29-21-7-5-19(15-26)6-8-21/h5-14H,4,16H2,1-3H3,(H2,28,29,30,31). The number of aromatic nitrogens is 4. The molecule has 0 radical (unpaired) electrons. The van der Waals surface area contributed by atoms with Crippen LogP contribution in [0.4, 0.5) is 23.1 Å². The molecule has 160 valence electrons. The largest absolute Gasteiger partial charge is 0.340 e. The minimum Gasteiger partial charge on any atom is -0.340 e. The molecule has 7 nitrogen and oxygen atoms in total. The van der Waals surface area contributed by atoms with Gasteiger partial charge in [0.05, 0.1) is 11.6 Å². The summed E-state index contributed by atoms with van der Waals surface area (Å²) >= 11 is 0. The van der Waals surface area contributed by atoms with Crippen molar-refractivity contribution in [1.82, 2.24) is 19.5 Å². The van der Waals surface area contributed by atoms with Crippen molar-refractivity contribution < 1.29 is 0 Å². The van der Waals surface area contributed by atoms with Crippen molar-refractivity contribution in [3.05, 3.63) is 89.1 Å². The fourth-order valence-corrected chi connectivity index (χ4v) is 3.71. The van der Waals surface area contributed by atoms with E-state index in [0.717, 1.165) is 41.3 Å². The third-order valence-corrected chi connectivity index (χ3v) is 5.24. The van der Waals surface area contributed by atoms with Crippen LogP contribution in [-0.4, -0.2) is 19.5 Å². The molecule has 0 spiro atoms. The van der Waals surface area contributed by atoms with Crippen LogP contribution < -0.4 is 10.6 Å². The lowest BCUT2D eigenvalue weighted by Crippen LogP contribution is -2.06. The monoisotopic (exact) mass is 423 g/mol. The molecule has 0 bridgehead atoms. The zero-order valence-electron chi connectivity index (χ0n) is 18.4. The minimum absolute atomic E-state index is 0.485. The van der Waals surface area contributed by atoms with Crippen molar-refractivity contribution in [2.24, 2.45) is 0 Å². The molecule has 2 aromatic carbocycles. The lowest BCUT2D eigenvalue weighted by Gasteiger charge is -2.16. The molecular weight excluding hydrogens is 398 g/mol. The van der Waals surface area contributed by atoms with Gasteiger partial charge in [-0.05, 0) is 60.9 Å². The van der Waals surface area contributed by atoms with Gasteiger partial charge in [0.25, 0.3) is 0 Å². The molecule has 4 aromatic rings. The highest BCUT2D eigenvalue weighted by Crippen LogP contribution is 2.26. The summed E-state index contributed by atoms with van der Waals surface area (Å²) in [4.78, 5) is 13.3. The quantitative estimate of drug-likeness (QED) is 0.421. The predicted octanol–water partition coefficient (Wildman–Crippen LogP) is 5.26. The van der Waals surface area contributed by atoms with E-state index in [1.807, 2.05) is 30.6 Å². The van der Waals surface area contributed by atoms with Crippen molar-refractivity contribution >= 4 is 23.1 Å². The first-order valence-electron chi connectivity index (χ1n) is 10.5. The molecule has 0 amide bonds. The summed E-state index contributed by atoms with van der Waals surface area (Å²) in [7, 11) is 0. The van der Waals surface area contributed by atoms with E-state index in [-0.39, 0.29) is 0 Å². The summed E-state index contributed by atoms with van der Waals surface area (Å²) < 4.78 is 2.19. The van der Waals surface area contributed by atoms with Gasteiger partial charge in [-0.3, -0.25) is 0 Å². The molecule has 2 N–H and O–H groups in total. The molecule has 0 saturated carbocycles. The zero-order chi connectivity index (χ0) is 22.5. The average molecular weight is 424 g/mol. The molecule has 4 rings (SSSR count). The average Bonchev–Trinajstić information content (AvgIpc) is 3.24. The van der Waals surface area contributed by atoms with Crippen molar-refractivity contribution in [2.45, 2.75) is 33.7 Å². The summed E-state index contributed by atoms with van der Waals surface area (Å²) in [6, 6.07) is 15.5. The Morgan fingerprint density at radius 1 is 0.969 bits per heavy atom. The third-order valence-electron chi connectivity index (χ3n) is 5.24. The molecule has 32 heavy (non-hydrogen) atoms. The summed E-state index contributed by atoms with van der Waals surface area (Å²) in [6.45, 7) is 7.13. The van der Waals surface area contributed by atoms with E-state index in [9.17, 15) is 0 Å². The van der Waals surface area contributed by atoms with Crippen LogP contribution in [0.25, 0.3) is 0 Å². The Kier molecular flexibility index (Phi) is 6.13. The van der Waals surface area contributed by atoms with Crippen molar-refractivity contribution in [3.63, 3.8) is 0 Å². The fourth-order valence-electron chi connectivity index (χ4n) is 3.71. The van der Waals surface area contributed by atoms with Gasteiger partial charge in [0.15, 0.2) is 0 Å². The van der Waals surface area contributed by atoms with Crippen LogP contribution in [0.15, 0.2) is 61.1 Å². The van der Waals surface area contributed by atoms with Crippen LogP contribution in [0.1, 0.15) is 35.0 Å². The molecular formula is C25H25N7. The topological polar surface area (TPSA) is 91.5 Å². The highest BCUT2D eigenvalue weighted by molar-refractivity contribution is 5.66. The van der Waals surface area contributed by atoms with Crippen LogP contribution >= 0.6 is 0 Å². The maximum Gasteiger partial charge on any atom is 0.229 e. The Labute approximate surface area is 187 Å². The van der Waals surface area contributed by atoms with E-state index in [2.05, 4.69) is 69.1 Å². The van der Waals surface area contributed by atoms with Crippen molar-refractivity contribution in [1.29, 1.82) is 5.26 Å². The summed E-state index contributed by atoms with van der Waals surface area (Å²) in [6.07, 6.45) is 6.51. The second kappa shape index (κ2) is 9.31. The van der Waals surface area contributed by atoms with Gasteiger partial charge in [0.1, 0.15) is 11.6 Å². The number of nitriles is 1. The van der Waals surface area contributed by atoms with Crippen LogP contribution in [0, 0.1) is 25.2 Å². The van der Waals surface area contributed by atoms with E-state index in [1.54, 1.807) is 18.3 Å². The molecule has 0 atom stereocenters. The smallest absolute Gasteiger partial charge is 0.229 e. The second-order valence-corrected chi connectivity index (χ2v) is 7.63. The number of rotatable bonds is 7. The number of hydrogen-bond donors (Lipinski definition) is 2. The first-order valence-corrected chi connectivity index (χ1v) is 10.5. The molecule has 0 saturated heterocycles. The molecule has 0 fully saturated rings. The van der Waals surface area contributed by atoms with Gasteiger partial charge in [-0.25, -0.2) is 9.97 Å². The van der Waals surface area contributed by atoms with Crippen molar-refractivity contribution in [3.8, 4) is 6.07 Å². The van der Waals surface area contributed by atoms with Crippen LogP contribution in [0.2, 0.25) is 0 Å². The molecule has 0 aliphatic rings.